The number of benzene rings is 2. The summed E-state index contributed by atoms with van der Waals surface area (Å²) < 4.78 is 36.1. The van der Waals surface area contributed by atoms with E-state index in [4.69, 9.17) is 9.97 Å². The lowest BCUT2D eigenvalue weighted by Crippen LogP contribution is -2.26. The van der Waals surface area contributed by atoms with Crippen molar-refractivity contribution in [3.05, 3.63) is 42.0 Å². The molecule has 1 aromatic heterocycles. The molecule has 7 heteroatoms. The Labute approximate surface area is 167 Å². The monoisotopic (exact) mass is 397 g/mol. The van der Waals surface area contributed by atoms with E-state index in [1.807, 2.05) is 25.1 Å². The van der Waals surface area contributed by atoms with Gasteiger partial charge in [-0.3, -0.25) is 0 Å². The van der Waals surface area contributed by atoms with Crippen LogP contribution in [0.2, 0.25) is 0 Å². The van der Waals surface area contributed by atoms with Gasteiger partial charge in [-0.2, -0.15) is 0 Å². The van der Waals surface area contributed by atoms with Gasteiger partial charge in [-0.1, -0.05) is 25.0 Å². The molecule has 0 unspecified atom stereocenters. The lowest BCUT2D eigenvalue weighted by Gasteiger charge is -2.24. The number of hydrogen-bond acceptors (Lipinski definition) is 5. The Morgan fingerprint density at radius 1 is 0.931 bits per heavy atom. The second-order valence-electron chi connectivity index (χ2n) is 7.57. The van der Waals surface area contributed by atoms with Crippen LogP contribution in [-0.4, -0.2) is 29.4 Å². The van der Waals surface area contributed by atoms with Gasteiger partial charge >= 0.3 is 6.29 Å². The number of hydrogen-bond donors (Lipinski definition) is 0. The first kappa shape index (κ1) is 18.1. The van der Waals surface area contributed by atoms with Crippen molar-refractivity contribution in [2.24, 2.45) is 0 Å². The molecular weight excluding hydrogens is 376 g/mol. The van der Waals surface area contributed by atoms with E-state index in [1.54, 1.807) is 12.1 Å². The van der Waals surface area contributed by atoms with Crippen LogP contribution in [0.1, 0.15) is 31.2 Å². The summed E-state index contributed by atoms with van der Waals surface area (Å²) in [6, 6.07) is 10.7. The van der Waals surface area contributed by atoms with E-state index < -0.39 is 6.29 Å². The number of fused-ring (bicyclic) bond motifs is 2. The lowest BCUT2D eigenvalue weighted by atomic mass is 10.1. The molecule has 0 saturated carbocycles. The van der Waals surface area contributed by atoms with Crippen LogP contribution >= 0.6 is 0 Å². The largest absolute Gasteiger partial charge is 0.586 e. The Bertz CT molecular complexity index is 1080. The predicted molar refractivity (Wildman–Crippen MR) is 107 cm³/mol. The number of rotatable bonds is 2. The fourth-order valence-corrected chi connectivity index (χ4v) is 4.00. The summed E-state index contributed by atoms with van der Waals surface area (Å²) >= 11 is 0. The number of anilines is 1. The van der Waals surface area contributed by atoms with Gasteiger partial charge in [0.1, 0.15) is 5.69 Å². The van der Waals surface area contributed by atoms with Gasteiger partial charge in [0.2, 0.25) is 0 Å². The molecule has 0 aliphatic carbocycles. The molecule has 5 rings (SSSR count). The normalized spacial score (nSPS) is 18.1. The smallest absolute Gasteiger partial charge is 0.395 e. The third-order valence-corrected chi connectivity index (χ3v) is 5.46. The number of ether oxygens (including phenoxy) is 2. The number of aromatic nitrogens is 2. The van der Waals surface area contributed by atoms with Crippen molar-refractivity contribution < 1.29 is 18.3 Å². The molecule has 29 heavy (non-hydrogen) atoms. The SMILES string of the molecule is Cc1cccc2nc(-c3ccc4c(c3)OC(F)(F)O4)c(N3CCCCCC3)nc12. The molecule has 1 fully saturated rings. The van der Waals surface area contributed by atoms with Crippen LogP contribution in [0.4, 0.5) is 14.6 Å². The molecule has 3 heterocycles. The highest BCUT2D eigenvalue weighted by Gasteiger charge is 2.43. The van der Waals surface area contributed by atoms with Crippen LogP contribution in [0.15, 0.2) is 36.4 Å². The van der Waals surface area contributed by atoms with Gasteiger partial charge < -0.3 is 14.4 Å². The Morgan fingerprint density at radius 3 is 2.48 bits per heavy atom. The first-order valence-corrected chi connectivity index (χ1v) is 9.93. The number of para-hydroxylation sites is 1. The molecule has 0 amide bonds. The molecule has 0 atom stereocenters. The lowest BCUT2D eigenvalue weighted by molar-refractivity contribution is -0.286. The first-order chi connectivity index (χ1) is 14.0. The van der Waals surface area contributed by atoms with E-state index in [0.717, 1.165) is 48.3 Å². The topological polar surface area (TPSA) is 47.5 Å². The summed E-state index contributed by atoms with van der Waals surface area (Å²) in [5, 5.41) is 0. The quantitative estimate of drug-likeness (QED) is 0.587. The number of alkyl halides is 2. The molecule has 5 nitrogen and oxygen atoms in total. The second-order valence-corrected chi connectivity index (χ2v) is 7.57. The van der Waals surface area contributed by atoms with Crippen LogP contribution in [-0.2, 0) is 0 Å². The Hall–Kier alpha value is -2.96. The van der Waals surface area contributed by atoms with E-state index in [1.165, 1.54) is 18.9 Å². The van der Waals surface area contributed by atoms with E-state index in [-0.39, 0.29) is 11.5 Å². The number of aryl methyl sites for hydroxylation is 1. The minimum Gasteiger partial charge on any atom is -0.395 e. The highest BCUT2D eigenvalue weighted by atomic mass is 19.3. The van der Waals surface area contributed by atoms with E-state index >= 15 is 0 Å². The van der Waals surface area contributed by atoms with E-state index in [2.05, 4.69) is 14.4 Å². The van der Waals surface area contributed by atoms with Crippen LogP contribution in [0.25, 0.3) is 22.3 Å². The third kappa shape index (κ3) is 3.34. The van der Waals surface area contributed by atoms with Crippen molar-refractivity contribution in [3.63, 3.8) is 0 Å². The minimum atomic E-state index is -3.64. The van der Waals surface area contributed by atoms with Crippen LogP contribution in [0.5, 0.6) is 11.5 Å². The molecule has 0 bridgehead atoms. The van der Waals surface area contributed by atoms with Crippen molar-refractivity contribution in [2.75, 3.05) is 18.0 Å². The zero-order valence-electron chi connectivity index (χ0n) is 16.1. The van der Waals surface area contributed by atoms with Gasteiger partial charge in [0.25, 0.3) is 0 Å². The van der Waals surface area contributed by atoms with Gasteiger partial charge in [0.15, 0.2) is 17.3 Å². The fourth-order valence-electron chi connectivity index (χ4n) is 4.00. The van der Waals surface area contributed by atoms with Crippen molar-refractivity contribution in [1.29, 1.82) is 0 Å². The number of halogens is 2. The molecule has 0 spiro atoms. The van der Waals surface area contributed by atoms with Gasteiger partial charge in [-0.25, -0.2) is 9.97 Å². The molecule has 0 radical (unpaired) electrons. The molecule has 2 aromatic carbocycles. The Morgan fingerprint density at radius 2 is 1.69 bits per heavy atom. The predicted octanol–water partition coefficient (Wildman–Crippen LogP) is 5.31. The molecular formula is C22H21F2N3O2. The Kier molecular flexibility index (Phi) is 4.26. The maximum atomic E-state index is 13.5. The summed E-state index contributed by atoms with van der Waals surface area (Å²) in [4.78, 5) is 12.1. The third-order valence-electron chi connectivity index (χ3n) is 5.46. The maximum absolute atomic E-state index is 13.5. The zero-order valence-corrected chi connectivity index (χ0v) is 16.1. The molecule has 150 valence electrons. The van der Waals surface area contributed by atoms with Crippen molar-refractivity contribution in [1.82, 2.24) is 9.97 Å². The average molecular weight is 397 g/mol. The molecule has 3 aromatic rings. The summed E-state index contributed by atoms with van der Waals surface area (Å²) in [6.45, 7) is 3.83. The van der Waals surface area contributed by atoms with Crippen molar-refractivity contribution >= 4 is 16.9 Å². The minimum absolute atomic E-state index is 0.0143. The van der Waals surface area contributed by atoms with Crippen LogP contribution in [0.3, 0.4) is 0 Å². The summed E-state index contributed by atoms with van der Waals surface area (Å²) in [5.41, 5.74) is 4.05. The maximum Gasteiger partial charge on any atom is 0.586 e. The average Bonchev–Trinajstić information content (AvgIpc) is 2.85. The summed E-state index contributed by atoms with van der Waals surface area (Å²) in [6.07, 6.45) is 0.956. The van der Waals surface area contributed by atoms with Crippen LogP contribution < -0.4 is 14.4 Å². The highest BCUT2D eigenvalue weighted by Crippen LogP contribution is 2.44. The fraction of sp³-hybridized carbons (Fsp3) is 0.364. The molecule has 1 saturated heterocycles. The van der Waals surface area contributed by atoms with E-state index in [9.17, 15) is 8.78 Å². The van der Waals surface area contributed by atoms with Gasteiger partial charge in [0, 0.05) is 18.7 Å². The van der Waals surface area contributed by atoms with Crippen LogP contribution in [0, 0.1) is 6.92 Å². The van der Waals surface area contributed by atoms with Gasteiger partial charge in [-0.05, 0) is 49.6 Å². The first-order valence-electron chi connectivity index (χ1n) is 9.93. The molecule has 2 aliphatic rings. The highest BCUT2D eigenvalue weighted by molar-refractivity contribution is 5.86. The molecule has 2 aliphatic heterocycles. The van der Waals surface area contributed by atoms with Crippen molar-refractivity contribution in [2.45, 2.75) is 38.9 Å². The summed E-state index contributed by atoms with van der Waals surface area (Å²) in [7, 11) is 0. The van der Waals surface area contributed by atoms with E-state index in [0.29, 0.717) is 11.3 Å². The standard InChI is InChI=1S/C22H21F2N3O2/c1-14-7-6-8-16-19(14)26-21(27-11-4-2-3-5-12-27)20(25-16)15-9-10-17-18(13-15)29-22(23,24)28-17/h6-10,13H,2-5,11-12H2,1H3. The summed E-state index contributed by atoms with van der Waals surface area (Å²) in [5.74, 6) is 0.833. The zero-order chi connectivity index (χ0) is 20.0. The Balaban J connectivity index is 1.67. The van der Waals surface area contributed by atoms with Crippen molar-refractivity contribution in [3.8, 4) is 22.8 Å². The molecule has 0 N–H and O–H groups in total. The second kappa shape index (κ2) is 6.83. The van der Waals surface area contributed by atoms with Gasteiger partial charge in [0.05, 0.1) is 11.0 Å². The van der Waals surface area contributed by atoms with Gasteiger partial charge in [-0.15, -0.1) is 8.78 Å². The number of nitrogens with zero attached hydrogens (tertiary/aromatic N) is 3.